The molecule has 1 N–H and O–H groups in total. The summed E-state index contributed by atoms with van der Waals surface area (Å²) in [5.41, 5.74) is 2.19. The van der Waals surface area contributed by atoms with E-state index in [1.165, 1.54) is 0 Å². The summed E-state index contributed by atoms with van der Waals surface area (Å²) < 4.78 is 29.1. The van der Waals surface area contributed by atoms with Gasteiger partial charge < -0.3 is 4.90 Å². The van der Waals surface area contributed by atoms with E-state index in [0.29, 0.717) is 25.6 Å². The topological polar surface area (TPSA) is 52.7 Å². The van der Waals surface area contributed by atoms with Gasteiger partial charge in [0.2, 0.25) is 0 Å². The Balaban J connectivity index is 2.00. The Hall–Kier alpha value is -0.950. The monoisotopic (exact) mass is 325 g/mol. The Bertz CT molecular complexity index is 579. The van der Waals surface area contributed by atoms with Crippen LogP contribution in [0.4, 0.5) is 0 Å². The van der Waals surface area contributed by atoms with Crippen molar-refractivity contribution in [2.75, 3.05) is 27.2 Å². The summed E-state index contributed by atoms with van der Waals surface area (Å²) in [6.07, 6.45) is 1.89. The van der Waals surface area contributed by atoms with E-state index in [1.54, 1.807) is 4.31 Å². The van der Waals surface area contributed by atoms with Crippen molar-refractivity contribution < 1.29 is 8.42 Å². The fourth-order valence-electron chi connectivity index (χ4n) is 2.71. The molecule has 5 nitrogen and oxygen atoms in total. The van der Waals surface area contributed by atoms with Gasteiger partial charge in [0.05, 0.1) is 0 Å². The average Bonchev–Trinajstić information content (AvgIpc) is 2.46. The van der Waals surface area contributed by atoms with Crippen LogP contribution >= 0.6 is 0 Å². The number of hydrogen-bond acceptors (Lipinski definition) is 3. The van der Waals surface area contributed by atoms with Crippen molar-refractivity contribution in [3.8, 4) is 0 Å². The van der Waals surface area contributed by atoms with E-state index in [2.05, 4.69) is 16.5 Å². The maximum atomic E-state index is 12.4. The lowest BCUT2D eigenvalue weighted by Gasteiger charge is -2.29. The van der Waals surface area contributed by atoms with Crippen LogP contribution in [0.2, 0.25) is 0 Å². The highest BCUT2D eigenvalue weighted by atomic mass is 32.2. The van der Waals surface area contributed by atoms with E-state index in [1.807, 2.05) is 38.4 Å². The van der Waals surface area contributed by atoms with Crippen LogP contribution in [-0.2, 0) is 23.3 Å². The molecule has 6 heteroatoms. The summed E-state index contributed by atoms with van der Waals surface area (Å²) in [6, 6.07) is 7.97. The van der Waals surface area contributed by atoms with Crippen molar-refractivity contribution in [2.45, 2.75) is 32.9 Å². The van der Waals surface area contributed by atoms with Crippen LogP contribution in [-0.4, -0.2) is 44.8 Å². The standard InChI is InChI=1S/C16H27N3O2S/c1-14-8-10-19(11-9-14)22(20,21)17-12-15-6-4-5-7-16(15)13-18(2)3/h4-7,14,17H,8-13H2,1-3H3. The molecule has 0 aliphatic carbocycles. The Morgan fingerprint density at radius 1 is 1.18 bits per heavy atom. The first kappa shape index (κ1) is 17.4. The zero-order valence-corrected chi connectivity index (χ0v) is 14.6. The van der Waals surface area contributed by atoms with E-state index in [4.69, 9.17) is 0 Å². The molecule has 0 unspecified atom stereocenters. The van der Waals surface area contributed by atoms with E-state index in [0.717, 1.165) is 30.5 Å². The van der Waals surface area contributed by atoms with Crippen molar-refractivity contribution in [2.24, 2.45) is 5.92 Å². The van der Waals surface area contributed by atoms with E-state index >= 15 is 0 Å². The molecule has 1 fully saturated rings. The van der Waals surface area contributed by atoms with Crippen LogP contribution in [0, 0.1) is 5.92 Å². The van der Waals surface area contributed by atoms with Crippen LogP contribution in [0.5, 0.6) is 0 Å². The lowest BCUT2D eigenvalue weighted by molar-refractivity contribution is 0.285. The third kappa shape index (κ3) is 4.78. The minimum atomic E-state index is -3.38. The van der Waals surface area contributed by atoms with Crippen molar-refractivity contribution in [1.82, 2.24) is 13.9 Å². The summed E-state index contributed by atoms with van der Waals surface area (Å²) in [4.78, 5) is 2.08. The summed E-state index contributed by atoms with van der Waals surface area (Å²) in [5, 5.41) is 0. The van der Waals surface area contributed by atoms with Gasteiger partial charge in [-0.3, -0.25) is 0 Å². The van der Waals surface area contributed by atoms with Gasteiger partial charge in [-0.1, -0.05) is 31.2 Å². The highest BCUT2D eigenvalue weighted by Gasteiger charge is 2.26. The number of nitrogens with one attached hydrogen (secondary N) is 1. The third-order valence-electron chi connectivity index (χ3n) is 4.13. The lowest BCUT2D eigenvalue weighted by atomic mass is 10.0. The largest absolute Gasteiger partial charge is 0.305 e. The van der Waals surface area contributed by atoms with Gasteiger partial charge in [-0.25, -0.2) is 0 Å². The molecule has 0 spiro atoms. The summed E-state index contributed by atoms with van der Waals surface area (Å²) in [6.45, 7) is 4.57. The third-order valence-corrected chi connectivity index (χ3v) is 5.69. The molecule has 22 heavy (non-hydrogen) atoms. The first-order valence-electron chi connectivity index (χ1n) is 7.84. The molecule has 0 aromatic heterocycles. The van der Waals surface area contributed by atoms with Crippen LogP contribution in [0.25, 0.3) is 0 Å². The van der Waals surface area contributed by atoms with E-state index in [-0.39, 0.29) is 0 Å². The van der Waals surface area contributed by atoms with Crippen LogP contribution in [0.1, 0.15) is 30.9 Å². The minimum Gasteiger partial charge on any atom is -0.305 e. The minimum absolute atomic E-state index is 0.346. The van der Waals surface area contributed by atoms with Gasteiger partial charge in [-0.2, -0.15) is 17.4 Å². The van der Waals surface area contributed by atoms with Crippen molar-refractivity contribution in [1.29, 1.82) is 0 Å². The molecule has 1 aliphatic rings. The molecular formula is C16H27N3O2S. The molecule has 0 radical (unpaired) electrons. The molecule has 1 aromatic carbocycles. The predicted octanol–water partition coefficient (Wildman–Crippen LogP) is 1.81. The highest BCUT2D eigenvalue weighted by molar-refractivity contribution is 7.87. The van der Waals surface area contributed by atoms with Gasteiger partial charge in [0.25, 0.3) is 10.2 Å². The maximum absolute atomic E-state index is 12.4. The fraction of sp³-hybridized carbons (Fsp3) is 0.625. The zero-order valence-electron chi connectivity index (χ0n) is 13.7. The molecule has 2 rings (SSSR count). The van der Waals surface area contributed by atoms with Gasteiger partial charge in [-0.05, 0) is 44.0 Å². The Kier molecular flexibility index (Phi) is 5.97. The van der Waals surface area contributed by atoms with E-state index < -0.39 is 10.2 Å². The molecule has 1 saturated heterocycles. The second kappa shape index (κ2) is 7.55. The van der Waals surface area contributed by atoms with Crippen LogP contribution in [0.3, 0.4) is 0 Å². The Morgan fingerprint density at radius 2 is 1.77 bits per heavy atom. The van der Waals surface area contributed by atoms with Crippen molar-refractivity contribution in [3.63, 3.8) is 0 Å². The predicted molar refractivity (Wildman–Crippen MR) is 89.6 cm³/mol. The zero-order chi connectivity index (χ0) is 16.2. The average molecular weight is 325 g/mol. The van der Waals surface area contributed by atoms with Crippen LogP contribution < -0.4 is 4.72 Å². The smallest absolute Gasteiger partial charge is 0.279 e. The summed E-state index contributed by atoms with van der Waals surface area (Å²) in [7, 11) is 0.639. The second-order valence-corrected chi connectivity index (χ2v) is 8.17. The molecule has 124 valence electrons. The number of rotatable bonds is 6. The maximum Gasteiger partial charge on any atom is 0.279 e. The molecule has 0 bridgehead atoms. The first-order valence-corrected chi connectivity index (χ1v) is 9.29. The van der Waals surface area contributed by atoms with Gasteiger partial charge >= 0.3 is 0 Å². The normalized spacial score (nSPS) is 18.0. The number of hydrogen-bond donors (Lipinski definition) is 1. The Labute approximate surface area is 134 Å². The number of nitrogens with zero attached hydrogens (tertiary/aromatic N) is 2. The SMILES string of the molecule is CC1CCN(S(=O)(=O)NCc2ccccc2CN(C)C)CC1. The van der Waals surface area contributed by atoms with Crippen molar-refractivity contribution in [3.05, 3.63) is 35.4 Å². The van der Waals surface area contributed by atoms with Gasteiger partial charge in [0.15, 0.2) is 0 Å². The van der Waals surface area contributed by atoms with Crippen LogP contribution in [0.15, 0.2) is 24.3 Å². The highest BCUT2D eigenvalue weighted by Crippen LogP contribution is 2.18. The molecule has 1 aromatic rings. The van der Waals surface area contributed by atoms with Gasteiger partial charge in [0.1, 0.15) is 0 Å². The molecule has 1 heterocycles. The quantitative estimate of drug-likeness (QED) is 0.868. The second-order valence-electron chi connectivity index (χ2n) is 6.41. The van der Waals surface area contributed by atoms with Crippen molar-refractivity contribution >= 4 is 10.2 Å². The van der Waals surface area contributed by atoms with Gasteiger partial charge in [-0.15, -0.1) is 0 Å². The lowest BCUT2D eigenvalue weighted by Crippen LogP contribution is -2.44. The number of benzene rings is 1. The first-order chi connectivity index (χ1) is 10.4. The Morgan fingerprint density at radius 3 is 2.36 bits per heavy atom. The van der Waals surface area contributed by atoms with Gasteiger partial charge in [0, 0.05) is 26.2 Å². The molecule has 0 saturated carbocycles. The summed E-state index contributed by atoms with van der Waals surface area (Å²) >= 11 is 0. The fourth-order valence-corrected chi connectivity index (χ4v) is 3.92. The number of piperidine rings is 1. The molecule has 0 atom stereocenters. The summed E-state index contributed by atoms with van der Waals surface area (Å²) in [5.74, 6) is 0.618. The van der Waals surface area contributed by atoms with E-state index in [9.17, 15) is 8.42 Å². The molecule has 0 amide bonds. The molecular weight excluding hydrogens is 298 g/mol. The molecule has 1 aliphatic heterocycles.